The van der Waals surface area contributed by atoms with Crippen LogP contribution in [0.1, 0.15) is 23.6 Å². The fraction of sp³-hybridized carbons (Fsp3) is 0.167. The first-order chi connectivity index (χ1) is 11.7. The lowest BCUT2D eigenvalue weighted by Gasteiger charge is -2.07. The molecule has 0 bridgehead atoms. The minimum absolute atomic E-state index is 0.0283. The number of carbonyl (C=O) groups is 1. The zero-order valence-electron chi connectivity index (χ0n) is 13.1. The van der Waals surface area contributed by atoms with Gasteiger partial charge in [-0.25, -0.2) is 0 Å². The molecule has 0 fully saturated rings. The number of anilines is 1. The van der Waals surface area contributed by atoms with Crippen LogP contribution in [0.5, 0.6) is 0 Å². The SMILES string of the molecule is CN1C(=O)/C(=N\N=C2\C[C@H](c3ccccc3)N=N2)c2ccccc21. The molecule has 0 unspecified atom stereocenters. The molecule has 0 spiro atoms. The summed E-state index contributed by atoms with van der Waals surface area (Å²) >= 11 is 0. The highest BCUT2D eigenvalue weighted by atomic mass is 16.2. The summed E-state index contributed by atoms with van der Waals surface area (Å²) in [7, 11) is 1.73. The van der Waals surface area contributed by atoms with E-state index in [9.17, 15) is 4.79 Å². The van der Waals surface area contributed by atoms with Crippen molar-refractivity contribution in [3.8, 4) is 0 Å². The van der Waals surface area contributed by atoms with Gasteiger partial charge in [0.1, 0.15) is 6.04 Å². The normalized spacial score (nSPS) is 22.6. The average molecular weight is 317 g/mol. The van der Waals surface area contributed by atoms with E-state index < -0.39 is 0 Å². The molecule has 2 heterocycles. The number of benzene rings is 2. The zero-order chi connectivity index (χ0) is 16.5. The Hall–Kier alpha value is -3.15. The first-order valence-electron chi connectivity index (χ1n) is 7.72. The Kier molecular flexibility index (Phi) is 3.49. The summed E-state index contributed by atoms with van der Waals surface area (Å²) in [6.07, 6.45) is 0.590. The molecular formula is C18H15N5O. The van der Waals surface area contributed by atoms with Crippen molar-refractivity contribution < 1.29 is 4.79 Å². The van der Waals surface area contributed by atoms with Crippen LogP contribution in [0.4, 0.5) is 5.69 Å². The van der Waals surface area contributed by atoms with E-state index in [-0.39, 0.29) is 11.9 Å². The van der Waals surface area contributed by atoms with E-state index in [1.54, 1.807) is 11.9 Å². The summed E-state index contributed by atoms with van der Waals surface area (Å²) in [5.41, 5.74) is 3.08. The van der Waals surface area contributed by atoms with Gasteiger partial charge in [0.15, 0.2) is 11.5 Å². The van der Waals surface area contributed by atoms with Crippen LogP contribution in [0.3, 0.4) is 0 Å². The predicted octanol–water partition coefficient (Wildman–Crippen LogP) is 3.36. The molecule has 2 aromatic rings. The predicted molar refractivity (Wildman–Crippen MR) is 92.5 cm³/mol. The second kappa shape index (κ2) is 5.81. The maximum Gasteiger partial charge on any atom is 0.279 e. The van der Waals surface area contributed by atoms with Gasteiger partial charge in [-0.3, -0.25) is 4.79 Å². The molecule has 0 saturated heterocycles. The van der Waals surface area contributed by atoms with Crippen LogP contribution >= 0.6 is 0 Å². The maximum absolute atomic E-state index is 12.3. The molecule has 0 N–H and O–H groups in total. The number of amides is 1. The fourth-order valence-corrected chi connectivity index (χ4v) is 2.87. The van der Waals surface area contributed by atoms with Gasteiger partial charge in [0.2, 0.25) is 0 Å². The Balaban J connectivity index is 1.59. The van der Waals surface area contributed by atoms with Crippen LogP contribution in [0, 0.1) is 0 Å². The van der Waals surface area contributed by atoms with Gasteiger partial charge in [0, 0.05) is 19.0 Å². The van der Waals surface area contributed by atoms with Gasteiger partial charge in [-0.1, -0.05) is 48.5 Å². The van der Waals surface area contributed by atoms with Crippen molar-refractivity contribution in [1.29, 1.82) is 0 Å². The molecule has 6 nitrogen and oxygen atoms in total. The van der Waals surface area contributed by atoms with Gasteiger partial charge in [-0.2, -0.15) is 5.11 Å². The van der Waals surface area contributed by atoms with Crippen molar-refractivity contribution in [1.82, 2.24) is 0 Å². The van der Waals surface area contributed by atoms with E-state index in [2.05, 4.69) is 20.4 Å². The molecule has 0 aliphatic carbocycles. The number of carbonyl (C=O) groups excluding carboxylic acids is 1. The second-order valence-corrected chi connectivity index (χ2v) is 5.69. The third-order valence-electron chi connectivity index (χ3n) is 4.17. The minimum Gasteiger partial charge on any atom is -0.309 e. The molecule has 4 rings (SSSR count). The molecule has 2 aliphatic heterocycles. The summed E-state index contributed by atoms with van der Waals surface area (Å²) in [6, 6.07) is 17.5. The average Bonchev–Trinajstić information content (AvgIpc) is 3.19. The van der Waals surface area contributed by atoms with Crippen molar-refractivity contribution in [3.05, 3.63) is 65.7 Å². The highest BCUT2D eigenvalue weighted by molar-refractivity contribution is 6.54. The summed E-state index contributed by atoms with van der Waals surface area (Å²) in [5, 5.41) is 16.7. The monoisotopic (exact) mass is 317 g/mol. The van der Waals surface area contributed by atoms with Crippen molar-refractivity contribution in [2.75, 3.05) is 11.9 Å². The van der Waals surface area contributed by atoms with Crippen LogP contribution < -0.4 is 4.90 Å². The number of rotatable bonds is 2. The van der Waals surface area contributed by atoms with Crippen LogP contribution in [0.25, 0.3) is 0 Å². The van der Waals surface area contributed by atoms with Gasteiger partial charge >= 0.3 is 0 Å². The number of amidine groups is 1. The van der Waals surface area contributed by atoms with Crippen molar-refractivity contribution >= 4 is 23.1 Å². The van der Waals surface area contributed by atoms with Crippen molar-refractivity contribution in [3.63, 3.8) is 0 Å². The summed E-state index contributed by atoms with van der Waals surface area (Å²) < 4.78 is 0. The number of hydrogen-bond donors (Lipinski definition) is 0. The van der Waals surface area contributed by atoms with E-state index in [1.807, 2.05) is 54.6 Å². The first kappa shape index (κ1) is 14.4. The molecule has 2 aliphatic rings. The van der Waals surface area contributed by atoms with E-state index >= 15 is 0 Å². The smallest absolute Gasteiger partial charge is 0.279 e. The molecule has 1 atom stereocenters. The van der Waals surface area contributed by atoms with Gasteiger partial charge in [0.05, 0.1) is 5.69 Å². The standard InChI is InChI=1S/C18H15N5O/c1-23-15-10-6-5-9-13(15)17(18(23)24)22-21-16-11-14(19-20-16)12-7-3-2-4-8-12/h2-10,14H,11H2,1H3/b21-16-,22-17-/t14-/m1/s1. The molecular weight excluding hydrogens is 302 g/mol. The minimum atomic E-state index is -0.157. The Morgan fingerprint density at radius 3 is 2.62 bits per heavy atom. The number of azo groups is 1. The van der Waals surface area contributed by atoms with Crippen LogP contribution in [-0.2, 0) is 4.79 Å². The number of nitrogens with zero attached hydrogens (tertiary/aromatic N) is 5. The number of hydrogen-bond acceptors (Lipinski definition) is 4. The van der Waals surface area contributed by atoms with Crippen LogP contribution in [-0.4, -0.2) is 24.5 Å². The maximum atomic E-state index is 12.3. The topological polar surface area (TPSA) is 69.8 Å². The Labute approximate surface area is 139 Å². The highest BCUT2D eigenvalue weighted by Gasteiger charge is 2.31. The number of likely N-dealkylation sites (N-methyl/N-ethyl adjacent to an activating group) is 1. The molecule has 0 saturated carbocycles. The molecule has 6 heteroatoms. The number of para-hydroxylation sites is 1. The second-order valence-electron chi connectivity index (χ2n) is 5.69. The van der Waals surface area contributed by atoms with Gasteiger partial charge in [-0.05, 0) is 11.6 Å². The van der Waals surface area contributed by atoms with Crippen LogP contribution in [0.2, 0.25) is 0 Å². The van der Waals surface area contributed by atoms with E-state index in [1.165, 1.54) is 0 Å². The molecule has 24 heavy (non-hydrogen) atoms. The molecule has 118 valence electrons. The largest absolute Gasteiger partial charge is 0.309 e. The Bertz CT molecular complexity index is 885. The van der Waals surface area contributed by atoms with Crippen molar-refractivity contribution in [2.45, 2.75) is 12.5 Å². The van der Waals surface area contributed by atoms with E-state index in [0.717, 1.165) is 16.8 Å². The third-order valence-corrected chi connectivity index (χ3v) is 4.17. The first-order valence-corrected chi connectivity index (χ1v) is 7.72. The Morgan fingerprint density at radius 2 is 1.79 bits per heavy atom. The van der Waals surface area contributed by atoms with Gasteiger partial charge in [-0.15, -0.1) is 15.3 Å². The fourth-order valence-electron chi connectivity index (χ4n) is 2.87. The lowest BCUT2D eigenvalue weighted by atomic mass is 10.1. The zero-order valence-corrected chi connectivity index (χ0v) is 13.1. The van der Waals surface area contributed by atoms with Crippen molar-refractivity contribution in [2.24, 2.45) is 20.4 Å². The Morgan fingerprint density at radius 1 is 1.04 bits per heavy atom. The summed E-state index contributed by atoms with van der Waals surface area (Å²) in [6.45, 7) is 0. The highest BCUT2D eigenvalue weighted by Crippen LogP contribution is 2.29. The summed E-state index contributed by atoms with van der Waals surface area (Å²) in [5.74, 6) is 0.381. The van der Waals surface area contributed by atoms with E-state index in [4.69, 9.17) is 0 Å². The molecule has 2 aromatic carbocycles. The number of fused-ring (bicyclic) bond motifs is 1. The molecule has 0 aromatic heterocycles. The van der Waals surface area contributed by atoms with Gasteiger partial charge in [0.25, 0.3) is 5.91 Å². The van der Waals surface area contributed by atoms with Crippen LogP contribution in [0.15, 0.2) is 75.0 Å². The third kappa shape index (κ3) is 2.42. The molecule has 0 radical (unpaired) electrons. The quantitative estimate of drug-likeness (QED) is 0.783. The van der Waals surface area contributed by atoms with Gasteiger partial charge < -0.3 is 4.90 Å². The molecule has 1 amide bonds. The van der Waals surface area contributed by atoms with E-state index in [0.29, 0.717) is 18.0 Å². The summed E-state index contributed by atoms with van der Waals surface area (Å²) in [4.78, 5) is 13.9. The lowest BCUT2D eigenvalue weighted by Crippen LogP contribution is -2.25. The lowest BCUT2D eigenvalue weighted by molar-refractivity contribution is -0.111.